The van der Waals surface area contributed by atoms with E-state index in [1.54, 1.807) is 12.1 Å². The van der Waals surface area contributed by atoms with Gasteiger partial charge in [0, 0.05) is 6.42 Å². The summed E-state index contributed by atoms with van der Waals surface area (Å²) in [5.41, 5.74) is 0.559. The van der Waals surface area contributed by atoms with E-state index in [0.717, 1.165) is 6.42 Å². The Morgan fingerprint density at radius 3 is 2.95 bits per heavy atom. The second-order valence-corrected chi connectivity index (χ2v) is 5.09. The topological polar surface area (TPSA) is 67.8 Å². The molecule has 1 aliphatic heterocycles. The van der Waals surface area contributed by atoms with Gasteiger partial charge in [-0.15, -0.1) is 6.42 Å². The first kappa shape index (κ1) is 14.7. The Balaban J connectivity index is 2.36. The number of halogens is 1. The first-order valence-electron chi connectivity index (χ1n) is 6.12. The molecule has 20 heavy (non-hydrogen) atoms. The average molecular weight is 340 g/mol. The lowest BCUT2D eigenvalue weighted by molar-refractivity contribution is -0.139. The fourth-order valence-electron chi connectivity index (χ4n) is 1.93. The molecule has 1 aliphatic rings. The Hall–Kier alpha value is -1.71. The van der Waals surface area contributed by atoms with E-state index in [1.807, 2.05) is 0 Å². The number of terminal acetylenes is 1. The van der Waals surface area contributed by atoms with Gasteiger partial charge in [0.05, 0.1) is 24.2 Å². The predicted molar refractivity (Wildman–Crippen MR) is 77.0 cm³/mol. The average Bonchev–Trinajstić information content (AvgIpc) is 2.64. The summed E-state index contributed by atoms with van der Waals surface area (Å²) in [5, 5.41) is 12.1. The van der Waals surface area contributed by atoms with Gasteiger partial charge in [-0.3, -0.25) is 10.1 Å². The second-order valence-electron chi connectivity index (χ2n) is 4.24. The van der Waals surface area contributed by atoms with Crippen molar-refractivity contribution in [2.45, 2.75) is 12.5 Å². The van der Waals surface area contributed by atoms with Crippen molar-refractivity contribution in [3.8, 4) is 23.8 Å². The molecular weight excluding hydrogens is 326 g/mol. The molecular formula is C14H14BrNO4. The van der Waals surface area contributed by atoms with Crippen LogP contribution in [0.4, 0.5) is 0 Å². The summed E-state index contributed by atoms with van der Waals surface area (Å²) in [7, 11) is 0. The Morgan fingerprint density at radius 2 is 2.25 bits per heavy atom. The molecule has 0 amide bonds. The van der Waals surface area contributed by atoms with Crippen LogP contribution in [0.1, 0.15) is 18.0 Å². The van der Waals surface area contributed by atoms with Gasteiger partial charge in [0.1, 0.15) is 6.04 Å². The quantitative estimate of drug-likeness (QED) is 0.821. The van der Waals surface area contributed by atoms with Gasteiger partial charge in [0.15, 0.2) is 11.5 Å². The SMILES string of the molecule is C#CCNC(C(=O)O)c1cc(Br)c2c(c1)OCCCO2. The molecule has 6 heteroatoms. The Kier molecular flexibility index (Phi) is 4.88. The van der Waals surface area contributed by atoms with Gasteiger partial charge in [-0.1, -0.05) is 5.92 Å². The van der Waals surface area contributed by atoms with E-state index in [-0.39, 0.29) is 6.54 Å². The third-order valence-corrected chi connectivity index (χ3v) is 3.40. The third kappa shape index (κ3) is 3.24. The molecule has 5 nitrogen and oxygen atoms in total. The summed E-state index contributed by atoms with van der Waals surface area (Å²) in [5.74, 6) is 2.52. The van der Waals surface area contributed by atoms with Crippen molar-refractivity contribution in [2.24, 2.45) is 0 Å². The minimum Gasteiger partial charge on any atom is -0.490 e. The summed E-state index contributed by atoms with van der Waals surface area (Å²) >= 11 is 3.39. The molecule has 1 heterocycles. The molecule has 1 aromatic rings. The molecule has 1 atom stereocenters. The van der Waals surface area contributed by atoms with E-state index in [4.69, 9.17) is 15.9 Å². The largest absolute Gasteiger partial charge is 0.490 e. The number of fused-ring (bicyclic) bond motifs is 1. The van der Waals surface area contributed by atoms with Gasteiger partial charge in [-0.2, -0.15) is 0 Å². The van der Waals surface area contributed by atoms with E-state index in [2.05, 4.69) is 27.2 Å². The van der Waals surface area contributed by atoms with Crippen molar-refractivity contribution >= 4 is 21.9 Å². The molecule has 0 aliphatic carbocycles. The van der Waals surface area contributed by atoms with Crippen LogP contribution in [0.2, 0.25) is 0 Å². The van der Waals surface area contributed by atoms with Gasteiger partial charge in [-0.25, -0.2) is 0 Å². The highest BCUT2D eigenvalue weighted by Gasteiger charge is 2.23. The number of carbonyl (C=O) groups is 1. The fraction of sp³-hybridized carbons (Fsp3) is 0.357. The van der Waals surface area contributed by atoms with Gasteiger partial charge < -0.3 is 14.6 Å². The minimum absolute atomic E-state index is 0.170. The number of benzene rings is 1. The van der Waals surface area contributed by atoms with Crippen LogP contribution < -0.4 is 14.8 Å². The van der Waals surface area contributed by atoms with Crippen LogP contribution in [0.25, 0.3) is 0 Å². The van der Waals surface area contributed by atoms with Gasteiger partial charge in [0.2, 0.25) is 0 Å². The molecule has 0 bridgehead atoms. The summed E-state index contributed by atoms with van der Waals surface area (Å²) in [6.07, 6.45) is 5.94. The lowest BCUT2D eigenvalue weighted by atomic mass is 10.1. The van der Waals surface area contributed by atoms with Crippen molar-refractivity contribution in [3.63, 3.8) is 0 Å². The van der Waals surface area contributed by atoms with E-state index < -0.39 is 12.0 Å². The first-order valence-corrected chi connectivity index (χ1v) is 6.91. The summed E-state index contributed by atoms with van der Waals surface area (Å²) in [6.45, 7) is 1.28. The Bertz CT molecular complexity index is 553. The standard InChI is InChI=1S/C14H14BrNO4/c1-2-4-16-12(14(17)18)9-7-10(15)13-11(8-9)19-5-3-6-20-13/h1,7-8,12,16H,3-6H2,(H,17,18). The number of carboxylic acids is 1. The number of hydrogen-bond acceptors (Lipinski definition) is 4. The van der Waals surface area contributed by atoms with Crippen LogP contribution in [-0.4, -0.2) is 30.8 Å². The van der Waals surface area contributed by atoms with Crippen LogP contribution in [0, 0.1) is 12.3 Å². The molecule has 2 N–H and O–H groups in total. The zero-order valence-corrected chi connectivity index (χ0v) is 12.3. The zero-order chi connectivity index (χ0) is 14.5. The molecule has 1 unspecified atom stereocenters. The summed E-state index contributed by atoms with van der Waals surface area (Å²) in [4.78, 5) is 11.3. The number of rotatable bonds is 4. The molecule has 106 valence electrons. The zero-order valence-electron chi connectivity index (χ0n) is 10.7. The lowest BCUT2D eigenvalue weighted by Crippen LogP contribution is -2.28. The van der Waals surface area contributed by atoms with Crippen LogP contribution in [0.5, 0.6) is 11.5 Å². The summed E-state index contributed by atoms with van der Waals surface area (Å²) < 4.78 is 11.8. The van der Waals surface area contributed by atoms with E-state index >= 15 is 0 Å². The summed E-state index contributed by atoms with van der Waals surface area (Å²) in [6, 6.07) is 2.49. The maximum Gasteiger partial charge on any atom is 0.325 e. The van der Waals surface area contributed by atoms with Crippen LogP contribution >= 0.6 is 15.9 Å². The number of carboxylic acid groups (broad SMARTS) is 1. The highest BCUT2D eigenvalue weighted by Crippen LogP contribution is 2.39. The molecule has 2 rings (SSSR count). The highest BCUT2D eigenvalue weighted by molar-refractivity contribution is 9.10. The number of aliphatic carboxylic acids is 1. The lowest BCUT2D eigenvalue weighted by Gasteiger charge is -2.17. The van der Waals surface area contributed by atoms with E-state index in [0.29, 0.717) is 34.7 Å². The fourth-order valence-corrected chi connectivity index (χ4v) is 2.50. The number of ether oxygens (including phenoxy) is 2. The Labute approximate surface area is 125 Å². The molecule has 0 aromatic heterocycles. The molecule has 0 fully saturated rings. The van der Waals surface area contributed by atoms with Gasteiger partial charge >= 0.3 is 5.97 Å². The number of nitrogens with one attached hydrogen (secondary N) is 1. The van der Waals surface area contributed by atoms with Crippen molar-refractivity contribution in [1.29, 1.82) is 0 Å². The molecule has 1 aromatic carbocycles. The number of hydrogen-bond donors (Lipinski definition) is 2. The van der Waals surface area contributed by atoms with Crippen LogP contribution in [0.3, 0.4) is 0 Å². The molecule has 0 saturated heterocycles. The van der Waals surface area contributed by atoms with Gasteiger partial charge in [-0.05, 0) is 33.6 Å². The minimum atomic E-state index is -0.998. The normalized spacial score (nSPS) is 15.0. The highest BCUT2D eigenvalue weighted by atomic mass is 79.9. The molecule has 0 radical (unpaired) electrons. The predicted octanol–water partition coefficient (Wildman–Crippen LogP) is 1.96. The van der Waals surface area contributed by atoms with Gasteiger partial charge in [0.25, 0.3) is 0 Å². The first-order chi connectivity index (χ1) is 9.63. The van der Waals surface area contributed by atoms with Crippen molar-refractivity contribution in [3.05, 3.63) is 22.2 Å². The Morgan fingerprint density at radius 1 is 1.50 bits per heavy atom. The maximum atomic E-state index is 11.3. The van der Waals surface area contributed by atoms with E-state index in [9.17, 15) is 9.90 Å². The van der Waals surface area contributed by atoms with Crippen molar-refractivity contribution < 1.29 is 19.4 Å². The van der Waals surface area contributed by atoms with Crippen molar-refractivity contribution in [2.75, 3.05) is 19.8 Å². The van der Waals surface area contributed by atoms with Crippen LogP contribution in [0.15, 0.2) is 16.6 Å². The van der Waals surface area contributed by atoms with Crippen molar-refractivity contribution in [1.82, 2.24) is 5.32 Å². The maximum absolute atomic E-state index is 11.3. The molecule has 0 saturated carbocycles. The second kappa shape index (κ2) is 6.64. The third-order valence-electron chi connectivity index (χ3n) is 2.81. The monoisotopic (exact) mass is 339 g/mol. The smallest absolute Gasteiger partial charge is 0.325 e. The molecule has 0 spiro atoms. The van der Waals surface area contributed by atoms with E-state index in [1.165, 1.54) is 0 Å². The van der Waals surface area contributed by atoms with Crippen LogP contribution in [-0.2, 0) is 4.79 Å².